The van der Waals surface area contributed by atoms with E-state index in [2.05, 4.69) is 0 Å². The highest BCUT2D eigenvalue weighted by molar-refractivity contribution is 8.01. The third-order valence-electron chi connectivity index (χ3n) is 4.54. The van der Waals surface area contributed by atoms with Crippen LogP contribution in [0.3, 0.4) is 0 Å². The van der Waals surface area contributed by atoms with Gasteiger partial charge in [0.25, 0.3) is 5.69 Å². The van der Waals surface area contributed by atoms with Crippen molar-refractivity contribution < 1.29 is 13.3 Å². The molecule has 4 rings (SSSR count). The molecule has 8 heteroatoms. The molecule has 0 radical (unpaired) electrons. The molecule has 0 saturated carbocycles. The largest absolute Gasteiger partial charge is 0.269 e. The molecule has 6 nitrogen and oxygen atoms in total. The van der Waals surface area contributed by atoms with Gasteiger partial charge in [-0.2, -0.15) is 4.31 Å². The average Bonchev–Trinajstić information content (AvgIpc) is 3.18. The van der Waals surface area contributed by atoms with Crippen LogP contribution in [0.5, 0.6) is 0 Å². The van der Waals surface area contributed by atoms with Gasteiger partial charge in [0.15, 0.2) is 0 Å². The number of nitro benzene ring substituents is 1. The molecule has 0 N–H and O–H groups in total. The van der Waals surface area contributed by atoms with Crippen LogP contribution in [0.25, 0.3) is 10.8 Å². The summed E-state index contributed by atoms with van der Waals surface area (Å²) in [6.07, 6.45) is 0. The monoisotopic (exact) mass is 400 g/mol. The van der Waals surface area contributed by atoms with Gasteiger partial charge in [-0.1, -0.05) is 42.5 Å². The highest BCUT2D eigenvalue weighted by Gasteiger charge is 2.37. The van der Waals surface area contributed by atoms with Crippen molar-refractivity contribution in [3.8, 4) is 0 Å². The second kappa shape index (κ2) is 6.95. The zero-order chi connectivity index (χ0) is 19.0. The summed E-state index contributed by atoms with van der Waals surface area (Å²) in [5, 5.41) is 12.4. The Morgan fingerprint density at radius 3 is 2.56 bits per heavy atom. The van der Waals surface area contributed by atoms with Crippen molar-refractivity contribution >= 4 is 38.2 Å². The van der Waals surface area contributed by atoms with Gasteiger partial charge in [-0.15, -0.1) is 11.8 Å². The lowest BCUT2D eigenvalue weighted by Crippen LogP contribution is -2.30. The highest BCUT2D eigenvalue weighted by Crippen LogP contribution is 2.42. The highest BCUT2D eigenvalue weighted by atomic mass is 32.2. The standard InChI is InChI=1S/C19H16N2O4S2/c22-21(23)17-7-3-6-16(12-17)19-20(10-11-26-19)27(24,25)18-9-8-14-4-1-2-5-15(14)13-18/h1-9,12-13,19H,10-11H2. The van der Waals surface area contributed by atoms with Gasteiger partial charge >= 0.3 is 0 Å². The van der Waals surface area contributed by atoms with Crippen LogP contribution >= 0.6 is 11.8 Å². The smallest absolute Gasteiger partial charge is 0.258 e. The second-order valence-corrected chi connectivity index (χ2v) is 9.28. The molecule has 3 aromatic rings. The van der Waals surface area contributed by atoms with Crippen LogP contribution in [0.1, 0.15) is 10.9 Å². The molecular weight excluding hydrogens is 384 g/mol. The second-order valence-electron chi connectivity index (χ2n) is 6.20. The van der Waals surface area contributed by atoms with Gasteiger partial charge in [-0.3, -0.25) is 10.1 Å². The van der Waals surface area contributed by atoms with E-state index in [0.717, 1.165) is 10.8 Å². The Labute approximate surface area is 161 Å². The molecule has 3 aromatic carbocycles. The van der Waals surface area contributed by atoms with E-state index < -0.39 is 20.3 Å². The molecule has 138 valence electrons. The minimum absolute atomic E-state index is 0.0388. The van der Waals surface area contributed by atoms with Crippen molar-refractivity contribution in [1.82, 2.24) is 4.31 Å². The topological polar surface area (TPSA) is 80.5 Å². The van der Waals surface area contributed by atoms with Crippen molar-refractivity contribution in [2.45, 2.75) is 10.3 Å². The van der Waals surface area contributed by atoms with Crippen LogP contribution in [0.4, 0.5) is 5.69 Å². The molecular formula is C19H16N2O4S2. The summed E-state index contributed by atoms with van der Waals surface area (Å²) in [4.78, 5) is 10.8. The van der Waals surface area contributed by atoms with Gasteiger partial charge in [0.05, 0.1) is 15.2 Å². The minimum Gasteiger partial charge on any atom is -0.258 e. The maximum absolute atomic E-state index is 13.3. The molecule has 1 atom stereocenters. The van der Waals surface area contributed by atoms with E-state index in [-0.39, 0.29) is 10.6 Å². The average molecular weight is 400 g/mol. The van der Waals surface area contributed by atoms with E-state index in [4.69, 9.17) is 0 Å². The van der Waals surface area contributed by atoms with Gasteiger partial charge in [0, 0.05) is 24.4 Å². The summed E-state index contributed by atoms with van der Waals surface area (Å²) >= 11 is 1.47. The Balaban J connectivity index is 1.73. The molecule has 1 heterocycles. The van der Waals surface area contributed by atoms with E-state index in [1.54, 1.807) is 30.3 Å². The number of nitro groups is 1. The van der Waals surface area contributed by atoms with Gasteiger partial charge in [-0.25, -0.2) is 8.42 Å². The predicted octanol–water partition coefficient (Wildman–Crippen LogP) is 4.18. The van der Waals surface area contributed by atoms with Gasteiger partial charge in [0.2, 0.25) is 10.0 Å². The maximum atomic E-state index is 13.3. The third-order valence-corrected chi connectivity index (χ3v) is 7.80. The van der Waals surface area contributed by atoms with Crippen molar-refractivity contribution in [2.75, 3.05) is 12.3 Å². The minimum atomic E-state index is -3.72. The summed E-state index contributed by atoms with van der Waals surface area (Å²) in [6, 6.07) is 18.9. The molecule has 0 amide bonds. The fourth-order valence-corrected chi connectivity index (χ4v) is 6.48. The number of hydrogen-bond acceptors (Lipinski definition) is 5. The number of non-ortho nitro benzene ring substituents is 1. The van der Waals surface area contributed by atoms with E-state index in [9.17, 15) is 18.5 Å². The molecule has 0 aliphatic carbocycles. The molecule has 0 spiro atoms. The summed E-state index contributed by atoms with van der Waals surface area (Å²) in [6.45, 7) is 0.368. The normalized spacial score (nSPS) is 18.0. The van der Waals surface area contributed by atoms with Crippen LogP contribution in [0, 0.1) is 10.1 Å². The fraction of sp³-hybridized carbons (Fsp3) is 0.158. The zero-order valence-corrected chi connectivity index (χ0v) is 15.8. The fourth-order valence-electron chi connectivity index (χ4n) is 3.22. The van der Waals surface area contributed by atoms with E-state index in [0.29, 0.717) is 17.9 Å². The summed E-state index contributed by atoms with van der Waals surface area (Å²) in [5.41, 5.74) is 0.583. The first-order chi connectivity index (χ1) is 13.0. The lowest BCUT2D eigenvalue weighted by Gasteiger charge is -2.23. The molecule has 0 bridgehead atoms. The van der Waals surface area contributed by atoms with Gasteiger partial charge in [-0.05, 0) is 28.5 Å². The first-order valence-corrected chi connectivity index (χ1v) is 10.8. The Kier molecular flexibility index (Phi) is 4.63. The first-order valence-electron chi connectivity index (χ1n) is 8.33. The van der Waals surface area contributed by atoms with E-state index in [1.807, 2.05) is 24.3 Å². The molecule has 1 fully saturated rings. The lowest BCUT2D eigenvalue weighted by atomic mass is 10.1. The first kappa shape index (κ1) is 18.0. The van der Waals surface area contributed by atoms with Crippen molar-refractivity contribution in [3.05, 3.63) is 82.4 Å². The molecule has 27 heavy (non-hydrogen) atoms. The lowest BCUT2D eigenvalue weighted by molar-refractivity contribution is -0.384. The van der Waals surface area contributed by atoms with E-state index in [1.165, 1.54) is 28.2 Å². The maximum Gasteiger partial charge on any atom is 0.269 e. The Morgan fingerprint density at radius 1 is 1.00 bits per heavy atom. The number of rotatable bonds is 4. The van der Waals surface area contributed by atoms with Crippen LogP contribution in [0.15, 0.2) is 71.6 Å². The van der Waals surface area contributed by atoms with Crippen LogP contribution < -0.4 is 0 Å². The molecule has 1 aliphatic rings. The number of hydrogen-bond donors (Lipinski definition) is 0. The quantitative estimate of drug-likeness (QED) is 0.485. The third kappa shape index (κ3) is 3.31. The number of sulfonamides is 1. The van der Waals surface area contributed by atoms with Gasteiger partial charge < -0.3 is 0 Å². The number of nitrogens with zero attached hydrogens (tertiary/aromatic N) is 2. The Hall–Kier alpha value is -2.42. The number of benzene rings is 3. The predicted molar refractivity (Wildman–Crippen MR) is 106 cm³/mol. The van der Waals surface area contributed by atoms with Crippen molar-refractivity contribution in [2.24, 2.45) is 0 Å². The Morgan fingerprint density at radius 2 is 1.78 bits per heavy atom. The van der Waals surface area contributed by atoms with Crippen LogP contribution in [0.2, 0.25) is 0 Å². The number of thioether (sulfide) groups is 1. The zero-order valence-electron chi connectivity index (χ0n) is 14.2. The molecule has 1 aliphatic heterocycles. The molecule has 1 saturated heterocycles. The summed E-state index contributed by atoms with van der Waals surface area (Å²) in [7, 11) is -3.72. The number of fused-ring (bicyclic) bond motifs is 1. The molecule has 0 aromatic heterocycles. The van der Waals surface area contributed by atoms with E-state index >= 15 is 0 Å². The Bertz CT molecular complexity index is 1130. The van der Waals surface area contributed by atoms with Gasteiger partial charge in [0.1, 0.15) is 0 Å². The summed E-state index contributed by atoms with van der Waals surface area (Å²) in [5.74, 6) is 0.639. The van der Waals surface area contributed by atoms with Crippen molar-refractivity contribution in [3.63, 3.8) is 0 Å². The SMILES string of the molecule is O=[N+]([O-])c1cccc(C2SCCN2S(=O)(=O)c2ccc3ccccc3c2)c1. The van der Waals surface area contributed by atoms with Crippen molar-refractivity contribution in [1.29, 1.82) is 0 Å². The summed E-state index contributed by atoms with van der Waals surface area (Å²) < 4.78 is 28.0. The van der Waals surface area contributed by atoms with Crippen LogP contribution in [-0.2, 0) is 10.0 Å². The van der Waals surface area contributed by atoms with Crippen LogP contribution in [-0.4, -0.2) is 29.9 Å². The molecule has 1 unspecified atom stereocenters.